The van der Waals surface area contributed by atoms with Crippen molar-refractivity contribution in [2.24, 2.45) is 4.99 Å². The number of carbonyl (C=O) groups is 3. The van der Waals surface area contributed by atoms with Gasteiger partial charge < -0.3 is 24.7 Å². The molecule has 0 saturated carbocycles. The molecular weight excluding hydrogens is 385 g/mol. The molecule has 0 aromatic heterocycles. The van der Waals surface area contributed by atoms with E-state index in [4.69, 9.17) is 4.74 Å². The zero-order chi connectivity index (χ0) is 21.3. The number of aliphatic imine (C=N–C) groups is 1. The predicted molar refractivity (Wildman–Crippen MR) is 98.8 cm³/mol. The van der Waals surface area contributed by atoms with Crippen LogP contribution in [-0.2, 0) is 14.3 Å². The lowest BCUT2D eigenvalue weighted by molar-refractivity contribution is -0.130. The Balaban J connectivity index is 1.94. The van der Waals surface area contributed by atoms with E-state index in [2.05, 4.69) is 4.99 Å². The average molecular weight is 405 g/mol. The molecule has 0 bridgehead atoms. The third-order valence-corrected chi connectivity index (χ3v) is 4.86. The number of ether oxygens (including phenoxy) is 1. The number of carboxylic acid groups (broad SMARTS) is 1. The van der Waals surface area contributed by atoms with Gasteiger partial charge in [0.05, 0.1) is 18.2 Å². The maximum Gasteiger partial charge on any atom is 0.358 e. The van der Waals surface area contributed by atoms with Gasteiger partial charge in [-0.2, -0.15) is 0 Å². The molecule has 9 nitrogen and oxygen atoms in total. The minimum Gasteiger partial charge on any atom is -0.492 e. The van der Waals surface area contributed by atoms with Gasteiger partial charge in [0, 0.05) is 20.4 Å². The minimum absolute atomic E-state index is 0.0581. The highest BCUT2D eigenvalue weighted by atomic mass is 19.1. The first-order chi connectivity index (χ1) is 13.7. The number of halogens is 1. The van der Waals surface area contributed by atoms with Crippen LogP contribution in [0.4, 0.5) is 4.39 Å². The molecule has 2 N–H and O–H groups in total. The fourth-order valence-electron chi connectivity index (χ4n) is 3.44. The Hall–Kier alpha value is -3.43. The van der Waals surface area contributed by atoms with Gasteiger partial charge in [0.2, 0.25) is 17.5 Å². The van der Waals surface area contributed by atoms with Crippen molar-refractivity contribution >= 4 is 23.6 Å². The highest BCUT2D eigenvalue weighted by molar-refractivity contribution is 6.42. The highest BCUT2D eigenvalue weighted by Gasteiger charge is 2.45. The van der Waals surface area contributed by atoms with Crippen molar-refractivity contribution in [2.45, 2.75) is 31.7 Å². The van der Waals surface area contributed by atoms with E-state index in [1.807, 2.05) is 0 Å². The second-order valence-electron chi connectivity index (χ2n) is 6.79. The SMILES string of the molecule is CC(=O)N1C[C@@H](F)C[C@H]1C1N=C(C(=O)O)C(OC(=O)c2ccccc2)=C(O)N1C. The van der Waals surface area contributed by atoms with Crippen molar-refractivity contribution in [2.75, 3.05) is 13.6 Å². The van der Waals surface area contributed by atoms with Crippen LogP contribution >= 0.6 is 0 Å². The van der Waals surface area contributed by atoms with Crippen molar-refractivity contribution in [1.82, 2.24) is 9.80 Å². The summed E-state index contributed by atoms with van der Waals surface area (Å²) < 4.78 is 19.1. The van der Waals surface area contributed by atoms with Crippen LogP contribution in [0.5, 0.6) is 0 Å². The molecule has 10 heteroatoms. The number of carboxylic acids is 1. The Morgan fingerprint density at radius 2 is 1.90 bits per heavy atom. The fraction of sp³-hybridized carbons (Fsp3) is 0.368. The molecule has 1 unspecified atom stereocenters. The zero-order valence-corrected chi connectivity index (χ0v) is 15.8. The number of aliphatic carboxylic acids is 1. The van der Waals surface area contributed by atoms with E-state index >= 15 is 0 Å². The molecule has 1 saturated heterocycles. The van der Waals surface area contributed by atoms with Gasteiger partial charge in [0.25, 0.3) is 0 Å². The normalized spacial score (nSPS) is 24.4. The van der Waals surface area contributed by atoms with Crippen molar-refractivity contribution in [3.63, 3.8) is 0 Å². The Morgan fingerprint density at radius 1 is 1.24 bits per heavy atom. The lowest BCUT2D eigenvalue weighted by Gasteiger charge is -2.37. The Kier molecular flexibility index (Phi) is 5.53. The number of alkyl halides is 1. The number of aliphatic hydroxyl groups excluding tert-OH is 1. The van der Waals surface area contributed by atoms with E-state index in [1.165, 1.54) is 35.9 Å². The molecule has 0 radical (unpaired) electrons. The summed E-state index contributed by atoms with van der Waals surface area (Å²) in [6.45, 7) is 1.14. The van der Waals surface area contributed by atoms with Crippen molar-refractivity contribution < 1.29 is 33.7 Å². The lowest BCUT2D eigenvalue weighted by atomic mass is 10.1. The molecule has 2 aliphatic rings. The number of likely N-dealkylation sites (tertiary alicyclic amines) is 1. The molecule has 0 aliphatic carbocycles. The molecule has 2 heterocycles. The second-order valence-corrected chi connectivity index (χ2v) is 6.79. The molecule has 1 fully saturated rings. The van der Waals surface area contributed by atoms with Crippen molar-refractivity contribution in [1.29, 1.82) is 0 Å². The quantitative estimate of drug-likeness (QED) is 0.725. The summed E-state index contributed by atoms with van der Waals surface area (Å²) in [5, 5.41) is 20.1. The van der Waals surface area contributed by atoms with Gasteiger partial charge >= 0.3 is 11.9 Å². The minimum atomic E-state index is -1.53. The number of hydrogen-bond donors (Lipinski definition) is 2. The summed E-state index contributed by atoms with van der Waals surface area (Å²) in [6, 6.07) is 7.05. The van der Waals surface area contributed by atoms with E-state index < -0.39 is 47.7 Å². The van der Waals surface area contributed by atoms with Crippen LogP contribution in [0.15, 0.2) is 47.0 Å². The van der Waals surface area contributed by atoms with E-state index in [1.54, 1.807) is 18.2 Å². The van der Waals surface area contributed by atoms with E-state index in [0.29, 0.717) is 0 Å². The van der Waals surface area contributed by atoms with Crippen molar-refractivity contribution in [3.8, 4) is 0 Å². The van der Waals surface area contributed by atoms with Crippen molar-refractivity contribution in [3.05, 3.63) is 47.5 Å². The molecule has 3 rings (SSSR count). The molecule has 0 spiro atoms. The number of aliphatic hydroxyl groups is 1. The first-order valence-electron chi connectivity index (χ1n) is 8.86. The van der Waals surface area contributed by atoms with Gasteiger partial charge in [0.15, 0.2) is 5.71 Å². The zero-order valence-electron chi connectivity index (χ0n) is 15.8. The largest absolute Gasteiger partial charge is 0.492 e. The van der Waals surface area contributed by atoms with Crippen LogP contribution in [0.1, 0.15) is 23.7 Å². The number of carbonyl (C=O) groups excluding carboxylic acids is 2. The number of esters is 1. The standard InChI is InChI=1S/C19H20FN3O6/c1-10(24)23-9-12(20)8-13(23)16-21-14(18(26)27)15(17(25)22(16)2)29-19(28)11-6-4-3-5-7-11/h3-7,12-13,16,25H,8-9H2,1-2H3,(H,26,27)/t12-,13-,16?/m0/s1. The van der Waals surface area contributed by atoms with Crippen LogP contribution in [0.2, 0.25) is 0 Å². The first kappa shape index (κ1) is 20.3. The second kappa shape index (κ2) is 7.90. The molecule has 2 aliphatic heterocycles. The summed E-state index contributed by atoms with van der Waals surface area (Å²) in [5.74, 6) is -4.05. The molecule has 1 amide bonds. The van der Waals surface area contributed by atoms with Gasteiger partial charge in [-0.05, 0) is 12.1 Å². The van der Waals surface area contributed by atoms with Crippen LogP contribution < -0.4 is 0 Å². The average Bonchev–Trinajstić information content (AvgIpc) is 3.07. The number of rotatable bonds is 4. The monoisotopic (exact) mass is 405 g/mol. The predicted octanol–water partition coefficient (Wildman–Crippen LogP) is 1.33. The lowest BCUT2D eigenvalue weighted by Crippen LogP contribution is -2.51. The van der Waals surface area contributed by atoms with Gasteiger partial charge in [-0.25, -0.2) is 19.0 Å². The van der Waals surface area contributed by atoms with Gasteiger partial charge in [-0.1, -0.05) is 18.2 Å². The maximum absolute atomic E-state index is 13.9. The Labute approximate surface area is 165 Å². The molecule has 3 atom stereocenters. The summed E-state index contributed by atoms with van der Waals surface area (Å²) in [4.78, 5) is 42.4. The third kappa shape index (κ3) is 3.91. The topological polar surface area (TPSA) is 120 Å². The number of nitrogens with zero attached hydrogens (tertiary/aromatic N) is 3. The molecule has 1 aromatic carbocycles. The third-order valence-electron chi connectivity index (χ3n) is 4.86. The summed E-state index contributed by atoms with van der Waals surface area (Å²) in [7, 11) is 1.39. The molecule has 154 valence electrons. The van der Waals surface area contributed by atoms with Crippen LogP contribution in [0.3, 0.4) is 0 Å². The van der Waals surface area contributed by atoms with E-state index in [-0.39, 0.29) is 24.4 Å². The Morgan fingerprint density at radius 3 is 2.48 bits per heavy atom. The van der Waals surface area contributed by atoms with Gasteiger partial charge in [-0.3, -0.25) is 4.79 Å². The first-order valence-corrected chi connectivity index (χ1v) is 8.86. The van der Waals surface area contributed by atoms with Crippen LogP contribution in [-0.4, -0.2) is 75.5 Å². The van der Waals surface area contributed by atoms with Gasteiger partial charge in [0.1, 0.15) is 12.3 Å². The summed E-state index contributed by atoms with van der Waals surface area (Å²) in [5.41, 5.74) is -0.526. The van der Waals surface area contributed by atoms with E-state index in [0.717, 1.165) is 0 Å². The maximum atomic E-state index is 13.9. The van der Waals surface area contributed by atoms with Gasteiger partial charge in [-0.15, -0.1) is 0 Å². The number of likely N-dealkylation sites (N-methyl/N-ethyl adjacent to an activating group) is 1. The summed E-state index contributed by atoms with van der Waals surface area (Å²) in [6.07, 6.45) is -2.40. The molecular formula is C19H20FN3O6. The fourth-order valence-corrected chi connectivity index (χ4v) is 3.44. The van der Waals surface area contributed by atoms with Crippen LogP contribution in [0, 0.1) is 0 Å². The molecule has 29 heavy (non-hydrogen) atoms. The number of benzene rings is 1. The number of amides is 1. The number of hydrogen-bond acceptors (Lipinski definition) is 7. The van der Waals surface area contributed by atoms with E-state index in [9.17, 15) is 29.0 Å². The smallest absolute Gasteiger partial charge is 0.358 e. The molecule has 1 aromatic rings. The Bertz CT molecular complexity index is 900. The van der Waals surface area contributed by atoms with Crippen LogP contribution in [0.25, 0.3) is 0 Å². The summed E-state index contributed by atoms with van der Waals surface area (Å²) >= 11 is 0. The highest BCUT2D eigenvalue weighted by Crippen LogP contribution is 2.31.